The van der Waals surface area contributed by atoms with Gasteiger partial charge in [-0.15, -0.1) is 0 Å². The molecule has 0 saturated carbocycles. The van der Waals surface area contributed by atoms with Crippen LogP contribution in [0.15, 0.2) is 35.7 Å². The first kappa shape index (κ1) is 30.7. The van der Waals surface area contributed by atoms with E-state index in [4.69, 9.17) is 26.3 Å². The molecular weight excluding hydrogens is 614 g/mol. The van der Waals surface area contributed by atoms with E-state index in [0.29, 0.717) is 0 Å². The van der Waals surface area contributed by atoms with Crippen LogP contribution in [0.5, 0.6) is 0 Å². The van der Waals surface area contributed by atoms with E-state index >= 15 is 8.78 Å². The fourth-order valence-corrected chi connectivity index (χ4v) is 5.56. The molecule has 1 aromatic carbocycles. The normalized spacial score (nSPS) is 14.2. The largest absolute Gasteiger partial charge is 0.361 e. The van der Waals surface area contributed by atoms with Crippen LogP contribution in [0.3, 0.4) is 0 Å². The molecule has 12 nitrogen and oxygen atoms in total. The molecule has 0 bridgehead atoms. The highest BCUT2D eigenvalue weighted by Crippen LogP contribution is 2.58. The number of hydrogen-bond donors (Lipinski definition) is 0. The molecule has 48 heavy (non-hydrogen) atoms. The third-order valence-corrected chi connectivity index (χ3v) is 7.28. The maximum absolute atomic E-state index is 15.5. The Labute approximate surface area is 269 Å². The Bertz CT molecular complexity index is 2490. The standard InChI is InChI=1S/C34H4F2N12/c1-43-21(13-41)30-24(16-6-5-15(9-37)47-33(16)35)18(10-38)25-19(11-39)29-27(20(12-40)26(25)30)31(22(14-42)44-2)28(32(29)46-4)17-7-8-23(45-3)48-34(17)36/h5-8H/b30-21-,31-22-. The van der Waals surface area contributed by atoms with Gasteiger partial charge in [0.05, 0.1) is 54.6 Å². The van der Waals surface area contributed by atoms with Crippen molar-refractivity contribution >= 4 is 39.4 Å². The van der Waals surface area contributed by atoms with E-state index in [0.717, 1.165) is 24.3 Å². The van der Waals surface area contributed by atoms with Crippen molar-refractivity contribution in [2.24, 2.45) is 0 Å². The van der Waals surface area contributed by atoms with Gasteiger partial charge >= 0.3 is 5.95 Å². The van der Waals surface area contributed by atoms with Crippen LogP contribution in [-0.4, -0.2) is 9.97 Å². The Morgan fingerprint density at radius 2 is 1.15 bits per heavy atom. The Morgan fingerprint density at radius 3 is 1.62 bits per heavy atom. The number of aromatic nitrogens is 2. The molecule has 0 fully saturated rings. The molecule has 0 saturated heterocycles. The third-order valence-electron chi connectivity index (χ3n) is 7.28. The van der Waals surface area contributed by atoms with Gasteiger partial charge in [-0.3, -0.25) is 0 Å². The van der Waals surface area contributed by atoms with Gasteiger partial charge in [-0.1, -0.05) is 17.6 Å². The smallest absolute Gasteiger partial charge is 0.308 e. The van der Waals surface area contributed by atoms with Gasteiger partial charge in [-0.25, -0.2) is 30.0 Å². The minimum Gasteiger partial charge on any atom is -0.361 e. The first-order valence-corrected chi connectivity index (χ1v) is 12.7. The Morgan fingerprint density at radius 1 is 0.604 bits per heavy atom. The molecular formula is C34H4F2N12. The van der Waals surface area contributed by atoms with Crippen molar-refractivity contribution in [2.75, 3.05) is 0 Å². The minimum atomic E-state index is -1.29. The first-order chi connectivity index (χ1) is 23.2. The zero-order valence-corrected chi connectivity index (χ0v) is 23.4. The molecule has 5 rings (SSSR count). The van der Waals surface area contributed by atoms with Gasteiger partial charge < -0.3 is 4.85 Å². The molecule has 3 aromatic rings. The summed E-state index contributed by atoms with van der Waals surface area (Å²) in [6.07, 6.45) is 0. The maximum atomic E-state index is 15.5. The van der Waals surface area contributed by atoms with Crippen LogP contribution in [0.1, 0.15) is 50.2 Å². The second kappa shape index (κ2) is 11.7. The molecule has 0 aliphatic heterocycles. The average Bonchev–Trinajstić information content (AvgIpc) is 3.61. The van der Waals surface area contributed by atoms with Gasteiger partial charge in [-0.2, -0.15) is 29.8 Å². The number of nitriles is 6. The molecule has 2 aliphatic rings. The van der Waals surface area contributed by atoms with Crippen LogP contribution in [0.25, 0.3) is 52.9 Å². The average molecular weight is 618 g/mol. The number of allylic oxidation sites excluding steroid dienone is 7. The van der Waals surface area contributed by atoms with E-state index in [1.165, 1.54) is 0 Å². The van der Waals surface area contributed by atoms with E-state index in [-0.39, 0.29) is 33.8 Å². The summed E-state index contributed by atoms with van der Waals surface area (Å²) >= 11 is 0. The van der Waals surface area contributed by atoms with Gasteiger partial charge in [-0.05, 0) is 34.9 Å². The van der Waals surface area contributed by atoms with E-state index in [1.807, 2.05) is 18.2 Å². The van der Waals surface area contributed by atoms with Gasteiger partial charge in [0.1, 0.15) is 23.9 Å². The molecule has 0 unspecified atom stereocenters. The van der Waals surface area contributed by atoms with Crippen LogP contribution in [0.4, 0.5) is 14.6 Å². The van der Waals surface area contributed by atoms with Crippen molar-refractivity contribution in [3.8, 4) is 36.4 Å². The van der Waals surface area contributed by atoms with Crippen molar-refractivity contribution in [3.63, 3.8) is 0 Å². The summed E-state index contributed by atoms with van der Waals surface area (Å²) in [6.45, 7) is 30.6. The van der Waals surface area contributed by atoms with Gasteiger partial charge in [0.25, 0.3) is 17.2 Å². The van der Waals surface area contributed by atoms with E-state index in [2.05, 4.69) is 29.3 Å². The van der Waals surface area contributed by atoms with Crippen molar-refractivity contribution in [3.05, 3.63) is 143 Å². The highest BCUT2D eigenvalue weighted by molar-refractivity contribution is 6.31. The maximum Gasteiger partial charge on any atom is 0.308 e. The fraction of sp³-hybridized carbons (Fsp3) is 0. The highest BCUT2D eigenvalue weighted by atomic mass is 19.1. The molecule has 0 amide bonds. The Balaban J connectivity index is 2.12. The Kier molecular flexibility index (Phi) is 7.50. The second-order valence-electron chi connectivity index (χ2n) is 9.33. The van der Waals surface area contributed by atoms with Gasteiger partial charge in [0.15, 0.2) is 0 Å². The van der Waals surface area contributed by atoms with Crippen molar-refractivity contribution < 1.29 is 8.78 Å². The molecule has 0 N–H and O–H groups in total. The molecule has 0 spiro atoms. The monoisotopic (exact) mass is 618 g/mol. The van der Waals surface area contributed by atoms with Crippen molar-refractivity contribution in [2.45, 2.75) is 0 Å². The summed E-state index contributed by atoms with van der Waals surface area (Å²) in [6, 6.07) is 14.9. The topological polar surface area (TPSA) is 186 Å². The lowest BCUT2D eigenvalue weighted by Gasteiger charge is -2.17. The SMILES string of the molecule is [C-]#[N+]C1=C(c2ccc([N+]#[C-])nc2F)/C(=C(/C#N)[N+]#[C-])c2c(C#N)c3c(c(C#N)c21)C(C#N)=C(c1ccc(C#N)nc1F)/C3=C(\C#N)[N+]#[C-]. The summed E-state index contributed by atoms with van der Waals surface area (Å²) in [5.74, 6) is -2.92. The van der Waals surface area contributed by atoms with Gasteiger partial charge in [0.2, 0.25) is 11.6 Å². The molecule has 2 heterocycles. The van der Waals surface area contributed by atoms with Crippen LogP contribution in [-0.2, 0) is 0 Å². The lowest BCUT2D eigenvalue weighted by molar-refractivity contribution is 0.579. The first-order valence-electron chi connectivity index (χ1n) is 12.7. The number of hydrogen-bond acceptors (Lipinski definition) is 8. The van der Waals surface area contributed by atoms with Crippen LogP contribution < -0.4 is 0 Å². The lowest BCUT2D eigenvalue weighted by atomic mass is 9.83. The zero-order chi connectivity index (χ0) is 34.9. The van der Waals surface area contributed by atoms with E-state index in [1.54, 1.807) is 18.2 Å². The van der Waals surface area contributed by atoms with Gasteiger partial charge in [0, 0.05) is 39.0 Å². The minimum absolute atomic E-state index is 0.347. The molecule has 214 valence electrons. The molecule has 14 heteroatoms. The number of pyridine rings is 2. The van der Waals surface area contributed by atoms with Crippen LogP contribution >= 0.6 is 0 Å². The lowest BCUT2D eigenvalue weighted by Crippen LogP contribution is -2.05. The second-order valence-corrected chi connectivity index (χ2v) is 9.33. The summed E-state index contributed by atoms with van der Waals surface area (Å²) in [7, 11) is 0. The highest BCUT2D eigenvalue weighted by Gasteiger charge is 2.44. The zero-order valence-electron chi connectivity index (χ0n) is 23.4. The summed E-state index contributed by atoms with van der Waals surface area (Å²) in [5.41, 5.74) is -8.07. The predicted molar refractivity (Wildman–Crippen MR) is 159 cm³/mol. The van der Waals surface area contributed by atoms with Crippen LogP contribution in [0.2, 0.25) is 0 Å². The van der Waals surface area contributed by atoms with Crippen LogP contribution in [0, 0.1) is 106 Å². The fourth-order valence-electron chi connectivity index (χ4n) is 5.56. The number of halogens is 2. The summed E-state index contributed by atoms with van der Waals surface area (Å²) in [4.78, 5) is 20.1. The Hall–Kier alpha value is -8.76. The summed E-state index contributed by atoms with van der Waals surface area (Å²) in [5, 5.41) is 60.9. The van der Waals surface area contributed by atoms with Crippen molar-refractivity contribution in [1.82, 2.24) is 9.97 Å². The molecule has 2 aromatic heterocycles. The number of fused-ring (bicyclic) bond motifs is 2. The molecule has 2 aliphatic carbocycles. The quantitative estimate of drug-likeness (QED) is 0.177. The summed E-state index contributed by atoms with van der Waals surface area (Å²) < 4.78 is 31.0. The molecule has 0 radical (unpaired) electrons. The number of rotatable bonds is 2. The predicted octanol–water partition coefficient (Wildman–Crippen LogP) is 6.48. The number of nitrogens with zero attached hydrogens (tertiary/aromatic N) is 12. The third kappa shape index (κ3) is 4.10. The van der Waals surface area contributed by atoms with E-state index in [9.17, 15) is 31.6 Å². The van der Waals surface area contributed by atoms with E-state index < -0.39 is 79.1 Å². The number of benzene rings is 1. The molecule has 0 atom stereocenters. The van der Waals surface area contributed by atoms with Crippen molar-refractivity contribution in [1.29, 1.82) is 31.6 Å².